The van der Waals surface area contributed by atoms with E-state index >= 15 is 0 Å². The van der Waals surface area contributed by atoms with E-state index in [0.29, 0.717) is 12.2 Å². The van der Waals surface area contributed by atoms with Gasteiger partial charge in [-0.3, -0.25) is 4.79 Å². The lowest BCUT2D eigenvalue weighted by molar-refractivity contribution is -0.130. The summed E-state index contributed by atoms with van der Waals surface area (Å²) in [4.78, 5) is 11.0. The molecule has 0 heterocycles. The Labute approximate surface area is 77.0 Å². The zero-order valence-electron chi connectivity index (χ0n) is 7.36. The van der Waals surface area contributed by atoms with Gasteiger partial charge in [-0.15, -0.1) is 0 Å². The molecule has 0 aliphatic rings. The highest BCUT2D eigenvalue weighted by atomic mass is 16.5. The molecule has 0 aliphatic carbocycles. The molecule has 0 amide bonds. The van der Waals surface area contributed by atoms with Gasteiger partial charge in [-0.2, -0.15) is 0 Å². The standard InChI is InChI=1S/C10H11O3/c1-2-3-10(12)13-9-6-4-8(11)5-7-9/h3-7,11H,2H2,1H3. The Kier molecular flexibility index (Phi) is 3.31. The summed E-state index contributed by atoms with van der Waals surface area (Å²) in [5.74, 6) is 0.222. The number of hydrogen-bond acceptors (Lipinski definition) is 3. The Balaban J connectivity index is 2.54. The van der Waals surface area contributed by atoms with Crippen molar-refractivity contribution in [2.24, 2.45) is 0 Å². The third-order valence-electron chi connectivity index (χ3n) is 1.43. The predicted octanol–water partition coefficient (Wildman–Crippen LogP) is 1.91. The number of phenolic OH excluding ortho intramolecular Hbond substituents is 1. The van der Waals surface area contributed by atoms with Gasteiger partial charge in [0.25, 0.3) is 0 Å². The molecule has 0 aromatic heterocycles. The van der Waals surface area contributed by atoms with Crippen molar-refractivity contribution in [3.8, 4) is 11.5 Å². The number of aromatic hydroxyl groups is 1. The van der Waals surface area contributed by atoms with E-state index in [-0.39, 0.29) is 11.7 Å². The van der Waals surface area contributed by atoms with E-state index in [1.54, 1.807) is 0 Å². The number of esters is 1. The number of carbonyl (C=O) groups is 1. The summed E-state index contributed by atoms with van der Waals surface area (Å²) in [5.41, 5.74) is 0. The van der Waals surface area contributed by atoms with Crippen molar-refractivity contribution in [2.45, 2.75) is 13.3 Å². The fourth-order valence-electron chi connectivity index (χ4n) is 0.839. The fraction of sp³-hybridized carbons (Fsp3) is 0.200. The minimum atomic E-state index is -0.367. The van der Waals surface area contributed by atoms with Crippen molar-refractivity contribution >= 4 is 5.97 Å². The molecule has 69 valence electrons. The van der Waals surface area contributed by atoms with Crippen LogP contribution in [0.15, 0.2) is 24.3 Å². The second-order valence-corrected chi connectivity index (χ2v) is 2.53. The number of rotatable bonds is 3. The average molecular weight is 179 g/mol. The summed E-state index contributed by atoms with van der Waals surface area (Å²) in [6.07, 6.45) is 2.10. The Morgan fingerprint density at radius 3 is 2.62 bits per heavy atom. The first-order valence-corrected chi connectivity index (χ1v) is 4.06. The van der Waals surface area contributed by atoms with Gasteiger partial charge in [-0.1, -0.05) is 6.92 Å². The molecule has 0 fully saturated rings. The fourth-order valence-corrected chi connectivity index (χ4v) is 0.839. The van der Waals surface area contributed by atoms with Crippen LogP contribution in [-0.2, 0) is 4.79 Å². The van der Waals surface area contributed by atoms with Crippen LogP contribution in [0.1, 0.15) is 13.3 Å². The van der Waals surface area contributed by atoms with E-state index in [9.17, 15) is 4.79 Å². The maximum absolute atomic E-state index is 11.0. The molecule has 0 saturated carbocycles. The minimum Gasteiger partial charge on any atom is -0.508 e. The minimum absolute atomic E-state index is 0.152. The topological polar surface area (TPSA) is 46.5 Å². The molecule has 0 unspecified atom stereocenters. The van der Waals surface area contributed by atoms with Crippen LogP contribution in [0.5, 0.6) is 11.5 Å². The summed E-state index contributed by atoms with van der Waals surface area (Å²) in [5, 5.41) is 8.95. The van der Waals surface area contributed by atoms with Crippen molar-refractivity contribution in [2.75, 3.05) is 0 Å². The quantitative estimate of drug-likeness (QED) is 0.569. The van der Waals surface area contributed by atoms with Gasteiger partial charge in [0.2, 0.25) is 0 Å². The Morgan fingerprint density at radius 2 is 2.08 bits per heavy atom. The van der Waals surface area contributed by atoms with Crippen LogP contribution in [0, 0.1) is 6.42 Å². The normalized spacial score (nSPS) is 9.62. The average Bonchev–Trinajstić information content (AvgIpc) is 2.09. The van der Waals surface area contributed by atoms with Crippen molar-refractivity contribution < 1.29 is 14.6 Å². The molecule has 1 N–H and O–H groups in total. The van der Waals surface area contributed by atoms with Gasteiger partial charge in [0.15, 0.2) is 0 Å². The van der Waals surface area contributed by atoms with Gasteiger partial charge in [-0.05, 0) is 30.7 Å². The molecule has 0 saturated heterocycles. The van der Waals surface area contributed by atoms with Crippen LogP contribution in [0.3, 0.4) is 0 Å². The van der Waals surface area contributed by atoms with E-state index in [2.05, 4.69) is 0 Å². The van der Waals surface area contributed by atoms with Gasteiger partial charge < -0.3 is 9.84 Å². The molecule has 3 nitrogen and oxygen atoms in total. The smallest absolute Gasteiger partial charge is 0.315 e. The lowest BCUT2D eigenvalue weighted by atomic mass is 10.3. The molecule has 0 spiro atoms. The first-order chi connectivity index (χ1) is 6.22. The number of ether oxygens (including phenoxy) is 1. The number of phenols is 1. The highest BCUT2D eigenvalue weighted by Crippen LogP contribution is 2.16. The largest absolute Gasteiger partial charge is 0.508 e. The summed E-state index contributed by atoms with van der Waals surface area (Å²) in [6, 6.07) is 6.01. The molecule has 13 heavy (non-hydrogen) atoms. The second-order valence-electron chi connectivity index (χ2n) is 2.53. The van der Waals surface area contributed by atoms with E-state index in [1.165, 1.54) is 30.7 Å². The third kappa shape index (κ3) is 3.15. The van der Waals surface area contributed by atoms with Crippen LogP contribution in [-0.4, -0.2) is 11.1 Å². The number of benzene rings is 1. The molecule has 1 aromatic rings. The summed E-state index contributed by atoms with van der Waals surface area (Å²) < 4.78 is 4.90. The van der Waals surface area contributed by atoms with Crippen molar-refractivity contribution in [3.63, 3.8) is 0 Å². The highest BCUT2D eigenvalue weighted by Gasteiger charge is 2.02. The Morgan fingerprint density at radius 1 is 1.46 bits per heavy atom. The first-order valence-electron chi connectivity index (χ1n) is 4.06. The molecule has 1 aromatic carbocycles. The van der Waals surface area contributed by atoms with Gasteiger partial charge >= 0.3 is 5.97 Å². The summed E-state index contributed by atoms with van der Waals surface area (Å²) >= 11 is 0. The maximum atomic E-state index is 11.0. The molecule has 0 aliphatic heterocycles. The number of carbonyl (C=O) groups excluding carboxylic acids is 1. The van der Waals surface area contributed by atoms with Crippen molar-refractivity contribution in [3.05, 3.63) is 30.7 Å². The molecule has 0 atom stereocenters. The van der Waals surface area contributed by atoms with Gasteiger partial charge in [0, 0.05) is 0 Å². The lowest BCUT2D eigenvalue weighted by Gasteiger charge is -2.02. The van der Waals surface area contributed by atoms with E-state index in [0.717, 1.165) is 0 Å². The second kappa shape index (κ2) is 4.50. The number of hydrogen-bond donors (Lipinski definition) is 1. The van der Waals surface area contributed by atoms with Gasteiger partial charge in [0.05, 0.1) is 6.42 Å². The predicted molar refractivity (Wildman–Crippen MR) is 48.3 cm³/mol. The van der Waals surface area contributed by atoms with Crippen LogP contribution in [0.2, 0.25) is 0 Å². The SMILES string of the molecule is CC[CH]C(=O)Oc1ccc(O)cc1. The van der Waals surface area contributed by atoms with Crippen LogP contribution in [0.25, 0.3) is 0 Å². The van der Waals surface area contributed by atoms with E-state index in [1.807, 2.05) is 6.92 Å². The van der Waals surface area contributed by atoms with Crippen molar-refractivity contribution in [1.82, 2.24) is 0 Å². The van der Waals surface area contributed by atoms with Crippen molar-refractivity contribution in [1.29, 1.82) is 0 Å². The van der Waals surface area contributed by atoms with Crippen LogP contribution in [0.4, 0.5) is 0 Å². The summed E-state index contributed by atoms with van der Waals surface area (Å²) in [7, 11) is 0. The molecule has 1 radical (unpaired) electrons. The van der Waals surface area contributed by atoms with Crippen LogP contribution >= 0.6 is 0 Å². The zero-order chi connectivity index (χ0) is 9.68. The maximum Gasteiger partial charge on any atom is 0.315 e. The Bertz CT molecular complexity index is 277. The third-order valence-corrected chi connectivity index (χ3v) is 1.43. The lowest BCUT2D eigenvalue weighted by Crippen LogP contribution is -2.07. The molecular formula is C10H11O3. The Hall–Kier alpha value is -1.51. The molecule has 0 bridgehead atoms. The van der Waals surface area contributed by atoms with Gasteiger partial charge in [0.1, 0.15) is 11.5 Å². The van der Waals surface area contributed by atoms with Crippen LogP contribution < -0.4 is 4.74 Å². The van der Waals surface area contributed by atoms with Gasteiger partial charge in [-0.25, -0.2) is 0 Å². The molecule has 1 rings (SSSR count). The molecule has 3 heteroatoms. The van der Waals surface area contributed by atoms with E-state index < -0.39 is 0 Å². The summed E-state index contributed by atoms with van der Waals surface area (Å²) in [6.45, 7) is 1.86. The first kappa shape index (κ1) is 9.58. The zero-order valence-corrected chi connectivity index (χ0v) is 7.36. The van der Waals surface area contributed by atoms with E-state index in [4.69, 9.17) is 9.84 Å². The monoisotopic (exact) mass is 179 g/mol. The molecular weight excluding hydrogens is 168 g/mol. The highest BCUT2D eigenvalue weighted by molar-refractivity contribution is 5.80.